The Morgan fingerprint density at radius 1 is 0.677 bits per heavy atom. The Hall–Kier alpha value is -3.59. The molecule has 6 N–H and O–H groups in total. The number of benzene rings is 2. The van der Waals surface area contributed by atoms with Crippen LogP contribution in [-0.4, -0.2) is 24.2 Å². The number of H-pyrrole nitrogens is 2. The summed E-state index contributed by atoms with van der Waals surface area (Å²) in [7, 11) is 7.17. The van der Waals surface area contributed by atoms with Crippen LogP contribution in [-0.2, 0) is 14.1 Å². The van der Waals surface area contributed by atoms with Crippen molar-refractivity contribution < 1.29 is 18.6 Å². The molecule has 0 amide bonds. The summed E-state index contributed by atoms with van der Waals surface area (Å²) in [6.07, 6.45) is 0. The highest BCUT2D eigenvalue weighted by molar-refractivity contribution is 7.99. The normalized spacial score (nSPS) is 11.0. The van der Waals surface area contributed by atoms with Gasteiger partial charge in [0.2, 0.25) is 0 Å². The van der Waals surface area contributed by atoms with E-state index in [0.717, 1.165) is 44.1 Å². The largest absolute Gasteiger partial charge is 0.497 e. The van der Waals surface area contributed by atoms with Crippen LogP contribution in [0.15, 0.2) is 58.6 Å². The number of nitrogen functional groups attached to an aromatic ring is 2. The fourth-order valence-electron chi connectivity index (χ4n) is 3.32. The third kappa shape index (κ3) is 3.79. The molecule has 0 spiro atoms. The Bertz CT molecular complexity index is 1120. The highest BCUT2D eigenvalue weighted by Crippen LogP contribution is 2.37. The number of ether oxygens (including phenoxy) is 2. The average Bonchev–Trinajstić information content (AvgIpc) is 3.24. The highest BCUT2D eigenvalue weighted by Gasteiger charge is 2.28. The first-order valence-corrected chi connectivity index (χ1v) is 10.5. The summed E-state index contributed by atoms with van der Waals surface area (Å²) in [5.74, 6) is 2.72. The van der Waals surface area contributed by atoms with Crippen LogP contribution in [0.4, 0.5) is 11.9 Å². The Kier molecular flexibility index (Phi) is 5.51. The molecule has 0 saturated heterocycles. The fraction of sp³-hybridized carbons (Fsp3) is 0.182. The van der Waals surface area contributed by atoms with Crippen LogP contribution >= 0.6 is 11.8 Å². The van der Waals surface area contributed by atoms with Gasteiger partial charge in [-0.15, -0.1) is 0 Å². The lowest BCUT2D eigenvalue weighted by atomic mass is 10.1. The molecule has 0 aliphatic rings. The maximum Gasteiger partial charge on any atom is 0.353 e. The summed E-state index contributed by atoms with van der Waals surface area (Å²) in [6.45, 7) is 0. The molecule has 2 heterocycles. The van der Waals surface area contributed by atoms with E-state index in [-0.39, 0.29) is 0 Å². The van der Waals surface area contributed by atoms with Gasteiger partial charge in [-0.2, -0.15) is 0 Å². The molecule has 0 atom stereocenters. The SMILES string of the molecule is COc1ccc(-c2[nH]c(N)[n+](C)c2Sc2c(-c3ccc(OC)cc3)[nH]c(N)[n+]2C)cc1. The van der Waals surface area contributed by atoms with Crippen LogP contribution in [0.3, 0.4) is 0 Å². The van der Waals surface area contributed by atoms with Crippen molar-refractivity contribution in [3.63, 3.8) is 0 Å². The second-order valence-corrected chi connectivity index (χ2v) is 8.04. The number of aromatic nitrogens is 4. The van der Waals surface area contributed by atoms with Gasteiger partial charge in [0.05, 0.1) is 28.3 Å². The minimum absolute atomic E-state index is 0.561. The Labute approximate surface area is 184 Å². The molecule has 0 saturated carbocycles. The second kappa shape index (κ2) is 8.27. The molecule has 0 unspecified atom stereocenters. The van der Waals surface area contributed by atoms with E-state index in [4.69, 9.17) is 20.9 Å². The third-order valence-electron chi connectivity index (χ3n) is 5.22. The number of nitrogens with two attached hydrogens (primary N) is 2. The van der Waals surface area contributed by atoms with Crippen molar-refractivity contribution in [1.29, 1.82) is 0 Å². The molecular weight excluding hydrogens is 412 g/mol. The van der Waals surface area contributed by atoms with Gasteiger partial charge in [0.25, 0.3) is 0 Å². The number of anilines is 2. The summed E-state index contributed by atoms with van der Waals surface area (Å²) < 4.78 is 14.4. The van der Waals surface area contributed by atoms with Crippen LogP contribution in [0, 0.1) is 0 Å². The lowest BCUT2D eigenvalue weighted by molar-refractivity contribution is -0.698. The summed E-state index contributed by atoms with van der Waals surface area (Å²) in [5.41, 5.74) is 16.3. The number of aromatic amines is 2. The zero-order valence-electron chi connectivity index (χ0n) is 17.9. The monoisotopic (exact) mass is 438 g/mol. The van der Waals surface area contributed by atoms with E-state index < -0.39 is 0 Å². The topological polar surface area (TPSA) is 110 Å². The highest BCUT2D eigenvalue weighted by atomic mass is 32.2. The zero-order valence-corrected chi connectivity index (χ0v) is 18.7. The first-order chi connectivity index (χ1) is 14.9. The van der Waals surface area contributed by atoms with Gasteiger partial charge in [-0.3, -0.25) is 11.5 Å². The fourth-order valence-corrected chi connectivity index (χ4v) is 4.52. The second-order valence-electron chi connectivity index (χ2n) is 7.06. The Morgan fingerprint density at radius 2 is 1.03 bits per heavy atom. The third-order valence-corrected chi connectivity index (χ3v) is 6.56. The average molecular weight is 439 g/mol. The van der Waals surface area contributed by atoms with E-state index in [2.05, 4.69) is 9.97 Å². The first-order valence-electron chi connectivity index (χ1n) is 9.64. The molecule has 0 aliphatic carbocycles. The molecule has 31 heavy (non-hydrogen) atoms. The lowest BCUT2D eigenvalue weighted by Crippen LogP contribution is -2.35. The van der Waals surface area contributed by atoms with E-state index in [1.165, 1.54) is 0 Å². The van der Waals surface area contributed by atoms with Crippen LogP contribution in [0.1, 0.15) is 0 Å². The van der Waals surface area contributed by atoms with Gasteiger partial charge in [0.15, 0.2) is 21.4 Å². The van der Waals surface area contributed by atoms with E-state index in [1.54, 1.807) is 26.0 Å². The van der Waals surface area contributed by atoms with Gasteiger partial charge in [-0.25, -0.2) is 19.1 Å². The van der Waals surface area contributed by atoms with Crippen molar-refractivity contribution in [3.05, 3.63) is 48.5 Å². The molecule has 2 aromatic heterocycles. The van der Waals surface area contributed by atoms with Crippen molar-refractivity contribution in [3.8, 4) is 34.0 Å². The molecule has 0 bridgehead atoms. The summed E-state index contributed by atoms with van der Waals surface area (Å²) in [5, 5.41) is 1.93. The van der Waals surface area contributed by atoms with Crippen molar-refractivity contribution in [2.24, 2.45) is 14.1 Å². The molecule has 0 aliphatic heterocycles. The molecule has 4 aromatic rings. The van der Waals surface area contributed by atoms with E-state index in [9.17, 15) is 0 Å². The molecule has 4 rings (SSSR count). The zero-order chi connectivity index (χ0) is 22.1. The Balaban J connectivity index is 1.79. The summed E-state index contributed by atoms with van der Waals surface area (Å²) >= 11 is 1.59. The van der Waals surface area contributed by atoms with Crippen LogP contribution in [0.5, 0.6) is 11.5 Å². The quantitative estimate of drug-likeness (QED) is 0.346. The van der Waals surface area contributed by atoms with Gasteiger partial charge < -0.3 is 9.47 Å². The van der Waals surface area contributed by atoms with Crippen molar-refractivity contribution in [2.75, 3.05) is 25.7 Å². The predicted octanol–water partition coefficient (Wildman–Crippen LogP) is 2.66. The van der Waals surface area contributed by atoms with Crippen LogP contribution in [0.2, 0.25) is 0 Å². The van der Waals surface area contributed by atoms with Gasteiger partial charge >= 0.3 is 11.9 Å². The number of hydrogen-bond acceptors (Lipinski definition) is 5. The lowest BCUT2D eigenvalue weighted by Gasteiger charge is -2.05. The maximum atomic E-state index is 6.23. The number of nitrogens with one attached hydrogen (secondary N) is 2. The molecule has 8 nitrogen and oxygen atoms in total. The molecular formula is C22H26N6O2S+2. The molecule has 0 radical (unpaired) electrons. The Morgan fingerprint density at radius 3 is 1.35 bits per heavy atom. The maximum absolute atomic E-state index is 6.23. The minimum atomic E-state index is 0.561. The smallest absolute Gasteiger partial charge is 0.353 e. The van der Waals surface area contributed by atoms with Crippen LogP contribution < -0.4 is 30.1 Å². The number of hydrogen-bond donors (Lipinski definition) is 4. The minimum Gasteiger partial charge on any atom is -0.497 e. The van der Waals surface area contributed by atoms with Gasteiger partial charge in [0.1, 0.15) is 11.5 Å². The molecule has 0 fully saturated rings. The first kappa shape index (κ1) is 20.7. The summed E-state index contributed by atoms with van der Waals surface area (Å²) in [4.78, 5) is 6.60. The molecule has 2 aromatic carbocycles. The summed E-state index contributed by atoms with van der Waals surface area (Å²) in [6, 6.07) is 15.7. The van der Waals surface area contributed by atoms with E-state index >= 15 is 0 Å². The standard InChI is InChI=1S/C22H24N6O2S/c1-27-19(17(25-21(27)23)13-5-9-15(29-3)10-6-13)31-20-18(26-22(24)28(20)2)14-7-11-16(30-4)12-8-14/h5-12H,1-4H3,(H4,23,24,25,26)/p+2. The van der Waals surface area contributed by atoms with Gasteiger partial charge in [0, 0.05) is 11.1 Å². The van der Waals surface area contributed by atoms with Crippen molar-refractivity contribution in [2.45, 2.75) is 10.1 Å². The molecule has 160 valence electrons. The predicted molar refractivity (Wildman–Crippen MR) is 121 cm³/mol. The number of imidazole rings is 2. The van der Waals surface area contributed by atoms with Crippen molar-refractivity contribution >= 4 is 23.7 Å². The van der Waals surface area contributed by atoms with Gasteiger partial charge in [-0.1, -0.05) is 0 Å². The molecule has 9 heteroatoms. The van der Waals surface area contributed by atoms with Crippen LogP contribution in [0.25, 0.3) is 22.5 Å². The number of rotatable bonds is 6. The van der Waals surface area contributed by atoms with Crippen molar-refractivity contribution in [1.82, 2.24) is 9.97 Å². The van der Waals surface area contributed by atoms with Gasteiger partial charge in [-0.05, 0) is 60.3 Å². The number of methoxy groups -OCH3 is 2. The number of nitrogens with zero attached hydrogens (tertiary/aromatic N) is 2. The van der Waals surface area contributed by atoms with E-state index in [1.807, 2.05) is 71.8 Å². The van der Waals surface area contributed by atoms with E-state index in [0.29, 0.717) is 11.9 Å².